The van der Waals surface area contributed by atoms with Crippen molar-refractivity contribution in [3.05, 3.63) is 48.1 Å². The molecule has 17 heteroatoms. The highest BCUT2D eigenvalue weighted by atomic mass is 32.2. The predicted molar refractivity (Wildman–Crippen MR) is 281 cm³/mol. The van der Waals surface area contributed by atoms with E-state index in [1.807, 2.05) is 83.8 Å². The maximum absolute atomic E-state index is 4.80. The molecule has 11 rings (SSSR count). The predicted octanol–water partition coefficient (Wildman–Crippen LogP) is 9.81. The summed E-state index contributed by atoms with van der Waals surface area (Å²) in [6.45, 7) is 10.7. The number of thioether (sulfide) groups is 4. The van der Waals surface area contributed by atoms with Gasteiger partial charge in [0.25, 0.3) is 0 Å². The number of hydrogen-bond donors (Lipinski definition) is 0. The van der Waals surface area contributed by atoms with E-state index < -0.39 is 0 Å². The van der Waals surface area contributed by atoms with Crippen LogP contribution in [-0.2, 0) is 18.9 Å². The van der Waals surface area contributed by atoms with Gasteiger partial charge in [0.15, 0.2) is 12.8 Å². The lowest BCUT2D eigenvalue weighted by atomic mass is 10.2. The molecule has 11 aliphatic rings. The van der Waals surface area contributed by atoms with E-state index >= 15 is 0 Å². The van der Waals surface area contributed by atoms with Crippen LogP contribution in [0.25, 0.3) is 0 Å². The van der Waals surface area contributed by atoms with Gasteiger partial charge in [0, 0.05) is 81.1 Å². The summed E-state index contributed by atoms with van der Waals surface area (Å²) in [7, 11) is 0. The van der Waals surface area contributed by atoms with Crippen LogP contribution in [0.2, 0.25) is 0 Å². The van der Waals surface area contributed by atoms with Gasteiger partial charge in [-0.3, -0.25) is 44.9 Å². The van der Waals surface area contributed by atoms with Gasteiger partial charge in [-0.15, -0.1) is 47.0 Å². The molecular formula is C45H73N9O4S4. The molecule has 11 aliphatic heterocycles. The summed E-state index contributed by atoms with van der Waals surface area (Å²) >= 11 is 7.27. The first-order valence-electron chi connectivity index (χ1n) is 21.8. The highest BCUT2D eigenvalue weighted by Crippen LogP contribution is 2.06. The van der Waals surface area contributed by atoms with Crippen molar-refractivity contribution in [2.75, 3.05) is 108 Å². The summed E-state index contributed by atoms with van der Waals surface area (Å²) < 4.78 is 19.0. The van der Waals surface area contributed by atoms with Crippen LogP contribution in [0.3, 0.4) is 0 Å². The SMILES string of the molecule is C1=CCOC=C1.C1=CCSC=C1.C1=NCCC1.C1=NCCCC1.C1=NCCCCC1.C1=NCCCO1.C1=NCCCS1.C1=NCCO1.C1=NCCS1.C1=NCOC1.C1=NCSC1. The van der Waals surface area contributed by atoms with Gasteiger partial charge >= 0.3 is 0 Å². The van der Waals surface area contributed by atoms with Crippen LogP contribution in [-0.4, -0.2) is 163 Å². The summed E-state index contributed by atoms with van der Waals surface area (Å²) in [5.41, 5.74) is 3.84. The molecule has 0 saturated heterocycles. The molecule has 0 bridgehead atoms. The molecule has 0 aromatic rings. The molecule has 346 valence electrons. The Bertz CT molecular complexity index is 1120. The van der Waals surface area contributed by atoms with Gasteiger partial charge in [-0.25, -0.2) is 0 Å². The van der Waals surface area contributed by atoms with Gasteiger partial charge in [0.2, 0.25) is 0 Å². The van der Waals surface area contributed by atoms with Crippen molar-refractivity contribution in [2.45, 2.75) is 70.6 Å². The Morgan fingerprint density at radius 3 is 1.37 bits per heavy atom. The van der Waals surface area contributed by atoms with E-state index in [0.29, 0.717) is 13.3 Å². The molecule has 0 unspecified atom stereocenters. The molecule has 0 saturated carbocycles. The third-order valence-corrected chi connectivity index (χ3v) is 10.6. The van der Waals surface area contributed by atoms with E-state index in [2.05, 4.69) is 67.2 Å². The minimum Gasteiger partial charge on any atom is -0.497 e. The molecule has 0 aromatic heterocycles. The van der Waals surface area contributed by atoms with Crippen LogP contribution >= 0.6 is 47.0 Å². The second-order valence-electron chi connectivity index (χ2n) is 12.9. The lowest BCUT2D eigenvalue weighted by Crippen LogP contribution is -2.00. The Kier molecular flexibility index (Phi) is 49.3. The molecule has 0 aliphatic carbocycles. The Balaban J connectivity index is 0.000000341. The van der Waals surface area contributed by atoms with E-state index in [1.54, 1.807) is 36.0 Å². The third kappa shape index (κ3) is 51.1. The third-order valence-electron chi connectivity index (χ3n) is 7.57. The number of hydrogen-bond acceptors (Lipinski definition) is 17. The van der Waals surface area contributed by atoms with Crippen LogP contribution in [0.15, 0.2) is 93.1 Å². The summed E-state index contributed by atoms with van der Waals surface area (Å²) in [5, 5.41) is 2.10. The number of nitrogens with zero attached hydrogens (tertiary/aromatic N) is 9. The monoisotopic (exact) mass is 931 g/mol. The van der Waals surface area contributed by atoms with E-state index in [9.17, 15) is 0 Å². The van der Waals surface area contributed by atoms with Crippen molar-refractivity contribution < 1.29 is 18.9 Å². The lowest BCUT2D eigenvalue weighted by Gasteiger charge is -2.01. The molecule has 13 nitrogen and oxygen atoms in total. The molecule has 0 amide bonds. The minimum atomic E-state index is 0.569. The zero-order chi connectivity index (χ0) is 43.8. The summed E-state index contributed by atoms with van der Waals surface area (Å²) in [4.78, 5) is 35.3. The fourth-order valence-electron chi connectivity index (χ4n) is 4.42. The molecule has 0 spiro atoms. The van der Waals surface area contributed by atoms with Gasteiger partial charge in [0.05, 0.1) is 43.0 Å². The molecule has 0 radical (unpaired) electrons. The number of allylic oxidation sites excluding steroid dienone is 4. The highest BCUT2D eigenvalue weighted by Gasteiger charge is 1.92. The maximum atomic E-state index is 4.80. The highest BCUT2D eigenvalue weighted by molar-refractivity contribution is 8.12. The van der Waals surface area contributed by atoms with Crippen molar-refractivity contribution in [3.8, 4) is 0 Å². The Morgan fingerprint density at radius 2 is 1.11 bits per heavy atom. The first-order chi connectivity index (χ1) is 31.0. The summed E-state index contributed by atoms with van der Waals surface area (Å²) in [6, 6.07) is 0. The fourth-order valence-corrected chi connectivity index (χ4v) is 6.62. The van der Waals surface area contributed by atoms with Crippen molar-refractivity contribution in [1.82, 2.24) is 0 Å². The molecule has 62 heavy (non-hydrogen) atoms. The van der Waals surface area contributed by atoms with Crippen LogP contribution in [0, 0.1) is 0 Å². The largest absolute Gasteiger partial charge is 0.497 e. The molecule has 0 atom stereocenters. The second-order valence-corrected chi connectivity index (χ2v) is 16.7. The smallest absolute Gasteiger partial charge is 0.169 e. The molecular weight excluding hydrogens is 859 g/mol. The van der Waals surface area contributed by atoms with E-state index in [-0.39, 0.29) is 0 Å². The average molecular weight is 932 g/mol. The lowest BCUT2D eigenvalue weighted by molar-refractivity contribution is 0.203. The standard InChI is InChI=1S/C6H11N.C5H9N.C5H6O.C5H6S.C4H7NO.C4H7NS.C4H7N.2C3H5NO.2C3H5NS/c1-2-4-6-7-5-3-1;3*1-2-4-6-5-3-1;2*1-2-5-4-6-3-1;1-2-4-5-3-1;4*1-2-5-3-4-1/h5H,1-4,6H2;4H,1-3,5H2;2*1-4H,5H2;2*4H,1-3H2;3H,1-2,4H2;3H,1-2H2;1H,2-3H2;3H,1-2H2;1H,2-3H2. The van der Waals surface area contributed by atoms with Crippen LogP contribution < -0.4 is 0 Å². The average Bonchev–Trinajstić information content (AvgIpc) is 4.25. The van der Waals surface area contributed by atoms with Crippen molar-refractivity contribution in [1.29, 1.82) is 0 Å². The van der Waals surface area contributed by atoms with Crippen LogP contribution in [0.5, 0.6) is 0 Å². The summed E-state index contributed by atoms with van der Waals surface area (Å²) in [5.74, 6) is 5.72. The van der Waals surface area contributed by atoms with Crippen molar-refractivity contribution in [2.24, 2.45) is 44.9 Å². The van der Waals surface area contributed by atoms with Crippen LogP contribution in [0.1, 0.15) is 70.6 Å². The van der Waals surface area contributed by atoms with E-state index in [4.69, 9.17) is 14.2 Å². The number of ether oxygens (including phenoxy) is 4. The minimum absolute atomic E-state index is 0.569. The first-order valence-corrected chi connectivity index (χ1v) is 26.1. The Labute approximate surface area is 390 Å². The molecule has 0 N–H and O–H groups in total. The Morgan fingerprint density at radius 1 is 0.419 bits per heavy atom. The van der Waals surface area contributed by atoms with Gasteiger partial charge in [-0.1, -0.05) is 30.7 Å². The van der Waals surface area contributed by atoms with Gasteiger partial charge < -0.3 is 18.9 Å². The number of aliphatic imine (C=N–C) groups is 9. The quantitative estimate of drug-likeness (QED) is 0.233. The molecule has 0 aromatic carbocycles. The molecule has 11 heterocycles. The Hall–Kier alpha value is -3.25. The second kappa shape index (κ2) is 53.9. The van der Waals surface area contributed by atoms with E-state index in [0.717, 1.165) is 89.4 Å². The maximum Gasteiger partial charge on any atom is 0.169 e. The van der Waals surface area contributed by atoms with Crippen LogP contribution in [0.4, 0.5) is 0 Å². The fraction of sp³-hybridized carbons (Fsp3) is 0.622. The van der Waals surface area contributed by atoms with Gasteiger partial charge in [-0.05, 0) is 94.0 Å². The van der Waals surface area contributed by atoms with Gasteiger partial charge in [-0.2, -0.15) is 0 Å². The van der Waals surface area contributed by atoms with Gasteiger partial charge in [0.1, 0.15) is 19.9 Å². The normalized spacial score (nSPS) is 20.3. The zero-order valence-corrected chi connectivity index (χ0v) is 40.2. The first kappa shape index (κ1) is 56.8. The van der Waals surface area contributed by atoms with E-state index in [1.165, 1.54) is 88.5 Å². The van der Waals surface area contributed by atoms with Crippen molar-refractivity contribution in [3.63, 3.8) is 0 Å². The van der Waals surface area contributed by atoms with Crippen molar-refractivity contribution >= 4 is 102 Å². The molecule has 0 fully saturated rings. The summed E-state index contributed by atoms with van der Waals surface area (Å²) in [6.07, 6.45) is 40.4. The zero-order valence-electron chi connectivity index (χ0n) is 36.9. The number of rotatable bonds is 0. The topological polar surface area (TPSA) is 148 Å².